The van der Waals surface area contributed by atoms with E-state index in [1.54, 1.807) is 23.5 Å². The summed E-state index contributed by atoms with van der Waals surface area (Å²) in [5, 5.41) is 0. The Hall–Kier alpha value is -1.79. The van der Waals surface area contributed by atoms with Gasteiger partial charge in [-0.15, -0.1) is 11.3 Å². The zero-order valence-corrected chi connectivity index (χ0v) is 15.8. The SMILES string of the molecule is Cc1ncsc1CN1CC2CCCC(=O)N(Cc3cccc(F)c3)C2C1. The van der Waals surface area contributed by atoms with Crippen LogP contribution in [-0.4, -0.2) is 39.8 Å². The normalized spacial score (nSPS) is 23.9. The number of benzene rings is 1. The van der Waals surface area contributed by atoms with Gasteiger partial charge in [-0.1, -0.05) is 12.1 Å². The zero-order chi connectivity index (χ0) is 18.1. The van der Waals surface area contributed by atoms with Crippen LogP contribution in [0.4, 0.5) is 4.39 Å². The van der Waals surface area contributed by atoms with Crippen molar-refractivity contribution in [3.8, 4) is 0 Å². The van der Waals surface area contributed by atoms with Crippen LogP contribution in [0.1, 0.15) is 35.4 Å². The van der Waals surface area contributed by atoms with E-state index in [2.05, 4.69) is 16.8 Å². The van der Waals surface area contributed by atoms with Gasteiger partial charge in [0.25, 0.3) is 0 Å². The first-order valence-electron chi connectivity index (χ1n) is 9.25. The molecular weight excluding hydrogens is 349 g/mol. The first kappa shape index (κ1) is 17.6. The van der Waals surface area contributed by atoms with Crippen molar-refractivity contribution in [1.82, 2.24) is 14.8 Å². The fourth-order valence-corrected chi connectivity index (χ4v) is 5.09. The number of nitrogens with zero attached hydrogens (tertiary/aromatic N) is 3. The molecular formula is C20H24FN3OS. The molecule has 2 atom stereocenters. The van der Waals surface area contributed by atoms with Gasteiger partial charge in [0.2, 0.25) is 5.91 Å². The van der Waals surface area contributed by atoms with Gasteiger partial charge in [0.1, 0.15) is 5.82 Å². The Morgan fingerprint density at radius 3 is 2.96 bits per heavy atom. The fourth-order valence-electron chi connectivity index (χ4n) is 4.27. The van der Waals surface area contributed by atoms with Gasteiger partial charge >= 0.3 is 0 Å². The maximum absolute atomic E-state index is 13.6. The lowest BCUT2D eigenvalue weighted by atomic mass is 9.98. The number of fused-ring (bicyclic) bond motifs is 1. The summed E-state index contributed by atoms with van der Waals surface area (Å²) in [6.45, 7) is 5.38. The third-order valence-corrected chi connectivity index (χ3v) is 6.54. The third-order valence-electron chi connectivity index (χ3n) is 5.62. The van der Waals surface area contributed by atoms with Gasteiger partial charge in [0.15, 0.2) is 0 Å². The van der Waals surface area contributed by atoms with Gasteiger partial charge in [-0.3, -0.25) is 9.69 Å². The van der Waals surface area contributed by atoms with Crippen LogP contribution < -0.4 is 0 Å². The molecule has 2 aliphatic heterocycles. The molecule has 4 rings (SSSR count). The van der Waals surface area contributed by atoms with E-state index >= 15 is 0 Å². The van der Waals surface area contributed by atoms with E-state index in [1.807, 2.05) is 16.5 Å². The van der Waals surface area contributed by atoms with E-state index in [4.69, 9.17) is 0 Å². The lowest BCUT2D eigenvalue weighted by Gasteiger charge is -2.30. The average molecular weight is 373 g/mol. The number of rotatable bonds is 4. The minimum absolute atomic E-state index is 0.206. The standard InChI is InChI=1S/C20H24FN3OS/c1-14-19(26-13-22-14)12-23-10-16-5-3-7-20(25)24(18(16)11-23)9-15-4-2-6-17(21)8-15/h2,4,6,8,13,16,18H,3,5,7,9-12H2,1H3. The van der Waals surface area contributed by atoms with Crippen LogP contribution in [-0.2, 0) is 17.9 Å². The lowest BCUT2D eigenvalue weighted by molar-refractivity contribution is -0.133. The summed E-state index contributed by atoms with van der Waals surface area (Å²) in [7, 11) is 0. The molecule has 4 nitrogen and oxygen atoms in total. The smallest absolute Gasteiger partial charge is 0.223 e. The zero-order valence-electron chi connectivity index (χ0n) is 15.0. The number of hydrogen-bond donors (Lipinski definition) is 0. The second kappa shape index (κ2) is 7.45. The highest BCUT2D eigenvalue weighted by Gasteiger charge is 2.40. The van der Waals surface area contributed by atoms with Crippen molar-refractivity contribution in [2.75, 3.05) is 13.1 Å². The highest BCUT2D eigenvalue weighted by Crippen LogP contribution is 2.33. The molecule has 0 spiro atoms. The first-order valence-corrected chi connectivity index (χ1v) is 10.1. The predicted octanol–water partition coefficient (Wildman–Crippen LogP) is 3.60. The van der Waals surface area contributed by atoms with Crippen molar-refractivity contribution in [2.24, 2.45) is 5.92 Å². The highest BCUT2D eigenvalue weighted by molar-refractivity contribution is 7.09. The number of aryl methyl sites for hydroxylation is 1. The Kier molecular flexibility index (Phi) is 5.05. The second-order valence-corrected chi connectivity index (χ2v) is 8.37. The molecule has 2 aliphatic rings. The molecule has 2 fully saturated rings. The van der Waals surface area contributed by atoms with Crippen molar-refractivity contribution in [2.45, 2.75) is 45.3 Å². The Labute approximate surface area is 157 Å². The molecule has 2 unspecified atom stereocenters. The number of carbonyl (C=O) groups excluding carboxylic acids is 1. The Balaban J connectivity index is 1.51. The fraction of sp³-hybridized carbons (Fsp3) is 0.500. The van der Waals surface area contributed by atoms with Crippen LogP contribution in [0.25, 0.3) is 0 Å². The highest BCUT2D eigenvalue weighted by atomic mass is 32.1. The minimum Gasteiger partial charge on any atom is -0.334 e. The Morgan fingerprint density at radius 1 is 1.31 bits per heavy atom. The van der Waals surface area contributed by atoms with E-state index < -0.39 is 0 Å². The number of hydrogen-bond acceptors (Lipinski definition) is 4. The average Bonchev–Trinajstić information content (AvgIpc) is 3.16. The molecule has 2 saturated heterocycles. The number of halogens is 1. The van der Waals surface area contributed by atoms with E-state index in [0.717, 1.165) is 43.7 Å². The summed E-state index contributed by atoms with van der Waals surface area (Å²) in [5.74, 6) is 0.468. The quantitative estimate of drug-likeness (QED) is 0.822. The van der Waals surface area contributed by atoms with Gasteiger partial charge in [0.05, 0.1) is 11.2 Å². The molecule has 0 N–H and O–H groups in total. The predicted molar refractivity (Wildman–Crippen MR) is 100 cm³/mol. The minimum atomic E-state index is -0.241. The summed E-state index contributed by atoms with van der Waals surface area (Å²) < 4.78 is 13.6. The number of aromatic nitrogens is 1. The van der Waals surface area contributed by atoms with Gasteiger partial charge in [-0.05, 0) is 43.4 Å². The van der Waals surface area contributed by atoms with Crippen LogP contribution in [0.2, 0.25) is 0 Å². The van der Waals surface area contributed by atoms with Crippen molar-refractivity contribution < 1.29 is 9.18 Å². The number of thiazole rings is 1. The Bertz CT molecular complexity index is 793. The Morgan fingerprint density at radius 2 is 2.19 bits per heavy atom. The molecule has 0 saturated carbocycles. The van der Waals surface area contributed by atoms with Crippen LogP contribution in [0, 0.1) is 18.7 Å². The van der Waals surface area contributed by atoms with Gasteiger partial charge in [-0.25, -0.2) is 9.37 Å². The monoisotopic (exact) mass is 373 g/mol. The van der Waals surface area contributed by atoms with E-state index in [9.17, 15) is 9.18 Å². The third kappa shape index (κ3) is 3.67. The number of likely N-dealkylation sites (tertiary alicyclic amines) is 2. The topological polar surface area (TPSA) is 36.4 Å². The van der Waals surface area contributed by atoms with Crippen LogP contribution in [0.15, 0.2) is 29.8 Å². The summed E-state index contributed by atoms with van der Waals surface area (Å²) >= 11 is 1.70. The summed E-state index contributed by atoms with van der Waals surface area (Å²) in [5.41, 5.74) is 3.88. The molecule has 0 bridgehead atoms. The molecule has 138 valence electrons. The molecule has 0 radical (unpaired) electrons. The molecule has 6 heteroatoms. The van der Waals surface area contributed by atoms with Crippen LogP contribution in [0.3, 0.4) is 0 Å². The molecule has 26 heavy (non-hydrogen) atoms. The second-order valence-electron chi connectivity index (χ2n) is 7.43. The molecule has 1 amide bonds. The molecule has 0 aliphatic carbocycles. The molecule has 1 aromatic heterocycles. The number of carbonyl (C=O) groups is 1. The van der Waals surface area contributed by atoms with Gasteiger partial charge in [-0.2, -0.15) is 0 Å². The largest absolute Gasteiger partial charge is 0.334 e. The lowest BCUT2D eigenvalue weighted by Crippen LogP contribution is -2.42. The van der Waals surface area contributed by atoms with E-state index in [0.29, 0.717) is 18.9 Å². The van der Waals surface area contributed by atoms with Crippen molar-refractivity contribution in [3.63, 3.8) is 0 Å². The summed E-state index contributed by atoms with van der Waals surface area (Å²) in [6.07, 6.45) is 2.65. The van der Waals surface area contributed by atoms with Crippen molar-refractivity contribution in [3.05, 3.63) is 51.7 Å². The molecule has 2 aromatic rings. The first-order chi connectivity index (χ1) is 12.6. The summed E-state index contributed by atoms with van der Waals surface area (Å²) in [6, 6.07) is 6.84. The molecule has 1 aromatic carbocycles. The van der Waals surface area contributed by atoms with Crippen molar-refractivity contribution >= 4 is 17.2 Å². The maximum Gasteiger partial charge on any atom is 0.223 e. The van der Waals surface area contributed by atoms with Gasteiger partial charge < -0.3 is 4.90 Å². The van der Waals surface area contributed by atoms with E-state index in [-0.39, 0.29) is 17.8 Å². The van der Waals surface area contributed by atoms with Crippen molar-refractivity contribution in [1.29, 1.82) is 0 Å². The number of amides is 1. The van der Waals surface area contributed by atoms with Gasteiger partial charge in [0, 0.05) is 43.5 Å². The van der Waals surface area contributed by atoms with Crippen LogP contribution >= 0.6 is 11.3 Å². The molecule has 3 heterocycles. The summed E-state index contributed by atoms with van der Waals surface area (Å²) in [4.78, 5) is 22.8. The maximum atomic E-state index is 13.6. The van der Waals surface area contributed by atoms with Crippen LogP contribution in [0.5, 0.6) is 0 Å². The van der Waals surface area contributed by atoms with E-state index in [1.165, 1.54) is 10.9 Å².